The number of anilines is 3. The molecule has 266 valence electrons. The summed E-state index contributed by atoms with van der Waals surface area (Å²) in [7, 11) is 0. The third-order valence-corrected chi connectivity index (χ3v) is 12.9. The molecule has 10 aromatic carbocycles. The van der Waals surface area contributed by atoms with Crippen LogP contribution >= 0.6 is 11.3 Å². The van der Waals surface area contributed by atoms with Crippen molar-refractivity contribution in [3.8, 4) is 22.3 Å². The van der Waals surface area contributed by atoms with E-state index in [1.165, 1.54) is 58.2 Å². The average Bonchev–Trinajstić information content (AvgIpc) is 3.86. The molecular weight excluding hydrogens is 711 g/mol. The third-order valence-electron chi connectivity index (χ3n) is 11.7. The molecule has 0 unspecified atom stereocenters. The van der Waals surface area contributed by atoms with Crippen molar-refractivity contribution in [2.75, 3.05) is 4.90 Å². The fourth-order valence-corrected chi connectivity index (χ4v) is 10.2. The Hall–Kier alpha value is -7.20. The molecule has 0 saturated carbocycles. The quantitative estimate of drug-likeness (QED) is 0.163. The van der Waals surface area contributed by atoms with Gasteiger partial charge in [0.2, 0.25) is 0 Å². The fourth-order valence-electron chi connectivity index (χ4n) is 8.99. The Kier molecular flexibility index (Phi) is 7.13. The van der Waals surface area contributed by atoms with Crippen LogP contribution < -0.4 is 4.90 Å². The molecule has 0 amide bonds. The first-order valence-electron chi connectivity index (χ1n) is 19.4. The highest BCUT2D eigenvalue weighted by molar-refractivity contribution is 7.26. The van der Waals surface area contributed by atoms with Crippen molar-refractivity contribution in [2.24, 2.45) is 0 Å². The van der Waals surface area contributed by atoms with Gasteiger partial charge in [0.15, 0.2) is 0 Å². The van der Waals surface area contributed by atoms with Crippen molar-refractivity contribution in [1.82, 2.24) is 0 Å². The van der Waals surface area contributed by atoms with Crippen LogP contribution in [-0.2, 0) is 0 Å². The number of para-hydroxylation sites is 1. The number of furan rings is 1. The minimum Gasteiger partial charge on any atom is -0.455 e. The largest absolute Gasteiger partial charge is 0.455 e. The zero-order chi connectivity index (χ0) is 37.5. The van der Waals surface area contributed by atoms with Gasteiger partial charge in [-0.3, -0.25) is 0 Å². The maximum atomic E-state index is 6.68. The number of fused-ring (bicyclic) bond motifs is 11. The van der Waals surface area contributed by atoms with E-state index < -0.39 is 0 Å². The van der Waals surface area contributed by atoms with Gasteiger partial charge in [0.05, 0.1) is 16.1 Å². The molecule has 2 heterocycles. The lowest BCUT2D eigenvalue weighted by Gasteiger charge is -2.28. The monoisotopic (exact) mass is 743 g/mol. The van der Waals surface area contributed by atoms with Crippen molar-refractivity contribution in [3.63, 3.8) is 0 Å². The Balaban J connectivity index is 1.06. The number of benzene rings is 10. The Morgan fingerprint density at radius 1 is 0.386 bits per heavy atom. The molecule has 2 aromatic heterocycles. The van der Waals surface area contributed by atoms with E-state index in [2.05, 4.69) is 205 Å². The van der Waals surface area contributed by atoms with Crippen molar-refractivity contribution in [2.45, 2.75) is 0 Å². The van der Waals surface area contributed by atoms with Gasteiger partial charge in [0, 0.05) is 42.9 Å². The SMILES string of the molecule is c1ccc(N(c2ccc(-c3ccc4c(ccc5ccccc54)c3)cc2)c2cccc3c2sc2ccccc23)c(-c2cccc3oc4c5ccccc5ccc4c23)c1. The molecule has 0 fully saturated rings. The highest BCUT2D eigenvalue weighted by Gasteiger charge is 2.23. The number of hydrogen-bond donors (Lipinski definition) is 0. The molecule has 2 nitrogen and oxygen atoms in total. The van der Waals surface area contributed by atoms with Gasteiger partial charge in [0.25, 0.3) is 0 Å². The molecule has 12 aromatic rings. The summed E-state index contributed by atoms with van der Waals surface area (Å²) < 4.78 is 9.23. The van der Waals surface area contributed by atoms with Crippen molar-refractivity contribution >= 4 is 103 Å². The highest BCUT2D eigenvalue weighted by Crippen LogP contribution is 2.49. The second kappa shape index (κ2) is 12.7. The smallest absolute Gasteiger partial charge is 0.143 e. The summed E-state index contributed by atoms with van der Waals surface area (Å²) in [4.78, 5) is 2.46. The van der Waals surface area contributed by atoms with Crippen molar-refractivity contribution in [3.05, 3.63) is 200 Å². The van der Waals surface area contributed by atoms with E-state index in [0.29, 0.717) is 0 Å². The number of nitrogens with zero attached hydrogens (tertiary/aromatic N) is 1. The van der Waals surface area contributed by atoms with Gasteiger partial charge in [-0.2, -0.15) is 0 Å². The van der Waals surface area contributed by atoms with Crippen LogP contribution in [0.3, 0.4) is 0 Å². The van der Waals surface area contributed by atoms with Crippen molar-refractivity contribution < 1.29 is 4.42 Å². The van der Waals surface area contributed by atoms with Crippen LogP contribution in [0.5, 0.6) is 0 Å². The molecule has 0 saturated heterocycles. The van der Waals surface area contributed by atoms with Gasteiger partial charge < -0.3 is 9.32 Å². The lowest BCUT2D eigenvalue weighted by molar-refractivity contribution is 0.673. The van der Waals surface area contributed by atoms with E-state index in [-0.39, 0.29) is 0 Å². The second-order valence-electron chi connectivity index (χ2n) is 14.8. The molecule has 3 heteroatoms. The first kappa shape index (κ1) is 32.1. The van der Waals surface area contributed by atoms with Crippen LogP contribution in [0.25, 0.3) is 96.7 Å². The minimum absolute atomic E-state index is 0.888. The summed E-state index contributed by atoms with van der Waals surface area (Å²) in [5.41, 5.74) is 9.85. The topological polar surface area (TPSA) is 16.4 Å². The highest BCUT2D eigenvalue weighted by atomic mass is 32.1. The molecule has 0 atom stereocenters. The molecule has 0 spiro atoms. The summed E-state index contributed by atoms with van der Waals surface area (Å²) in [5, 5.41) is 12.2. The minimum atomic E-state index is 0.888. The normalized spacial score (nSPS) is 11.9. The molecule has 0 radical (unpaired) electrons. The Labute approximate surface area is 333 Å². The van der Waals surface area contributed by atoms with Crippen LogP contribution in [0.15, 0.2) is 205 Å². The van der Waals surface area contributed by atoms with Crippen LogP contribution in [-0.4, -0.2) is 0 Å². The van der Waals surface area contributed by atoms with Crippen LogP contribution in [0.1, 0.15) is 0 Å². The summed E-state index contributed by atoms with van der Waals surface area (Å²) in [5.74, 6) is 0. The summed E-state index contributed by atoms with van der Waals surface area (Å²) in [6, 6.07) is 72.8. The Morgan fingerprint density at radius 2 is 1.00 bits per heavy atom. The van der Waals surface area contributed by atoms with E-state index in [0.717, 1.165) is 55.5 Å². The van der Waals surface area contributed by atoms with Gasteiger partial charge in [-0.15, -0.1) is 11.3 Å². The van der Waals surface area contributed by atoms with E-state index in [1.54, 1.807) is 0 Å². The lowest BCUT2D eigenvalue weighted by Crippen LogP contribution is -2.11. The number of rotatable bonds is 5. The van der Waals surface area contributed by atoms with Gasteiger partial charge in [0.1, 0.15) is 11.2 Å². The maximum absolute atomic E-state index is 6.68. The van der Waals surface area contributed by atoms with E-state index in [1.807, 2.05) is 11.3 Å². The second-order valence-corrected chi connectivity index (χ2v) is 15.9. The molecule has 0 aliphatic heterocycles. The predicted octanol–water partition coefficient (Wildman–Crippen LogP) is 16.2. The van der Waals surface area contributed by atoms with Gasteiger partial charge in [-0.05, 0) is 92.2 Å². The summed E-state index contributed by atoms with van der Waals surface area (Å²) >= 11 is 1.86. The standard InChI is InChI=1S/C54H33NOS/c1-3-13-40-35(11-1)23-24-38-33-37(28-31-41(38)40)34-25-29-39(30-26-34)55(49-20-9-18-46-44-16-6-8-22-51(44)57-54(46)49)48-19-7-5-15-43(48)45-17-10-21-50-52(45)47-32-27-36-12-2-4-14-42(36)53(47)56-50/h1-33H. The van der Waals surface area contributed by atoms with E-state index in [4.69, 9.17) is 4.42 Å². The Morgan fingerprint density at radius 3 is 1.89 bits per heavy atom. The third kappa shape index (κ3) is 5.03. The Bertz CT molecular complexity index is 3540. The van der Waals surface area contributed by atoms with Gasteiger partial charge in [-0.1, -0.05) is 152 Å². The zero-order valence-electron chi connectivity index (χ0n) is 30.8. The van der Waals surface area contributed by atoms with Crippen LogP contribution in [0.4, 0.5) is 17.1 Å². The summed E-state index contributed by atoms with van der Waals surface area (Å²) in [6.45, 7) is 0. The van der Waals surface area contributed by atoms with E-state index >= 15 is 0 Å². The zero-order valence-corrected chi connectivity index (χ0v) is 31.6. The first-order valence-corrected chi connectivity index (χ1v) is 20.2. The maximum Gasteiger partial charge on any atom is 0.143 e. The number of hydrogen-bond acceptors (Lipinski definition) is 3. The molecule has 57 heavy (non-hydrogen) atoms. The fraction of sp³-hybridized carbons (Fsp3) is 0. The predicted molar refractivity (Wildman–Crippen MR) is 245 cm³/mol. The first-order chi connectivity index (χ1) is 28.3. The molecule has 0 N–H and O–H groups in total. The van der Waals surface area contributed by atoms with Gasteiger partial charge >= 0.3 is 0 Å². The molecule has 0 bridgehead atoms. The van der Waals surface area contributed by atoms with Crippen LogP contribution in [0, 0.1) is 0 Å². The average molecular weight is 744 g/mol. The van der Waals surface area contributed by atoms with Crippen molar-refractivity contribution in [1.29, 1.82) is 0 Å². The molecule has 12 rings (SSSR count). The molecular formula is C54H33NOS. The number of thiophene rings is 1. The van der Waals surface area contributed by atoms with Gasteiger partial charge in [-0.25, -0.2) is 0 Å². The van der Waals surface area contributed by atoms with Crippen LogP contribution in [0.2, 0.25) is 0 Å². The molecule has 0 aliphatic carbocycles. The summed E-state index contributed by atoms with van der Waals surface area (Å²) in [6.07, 6.45) is 0. The van der Waals surface area contributed by atoms with E-state index in [9.17, 15) is 0 Å². The molecule has 0 aliphatic rings. The lowest BCUT2D eigenvalue weighted by atomic mass is 9.95.